The van der Waals surface area contributed by atoms with Crippen LogP contribution in [0.15, 0.2) is 71.2 Å². The van der Waals surface area contributed by atoms with Crippen molar-refractivity contribution in [2.24, 2.45) is 7.05 Å². The monoisotopic (exact) mass is 530 g/mol. The zero-order valence-electron chi connectivity index (χ0n) is 19.2. The van der Waals surface area contributed by atoms with Gasteiger partial charge in [0.15, 0.2) is 6.61 Å². The van der Waals surface area contributed by atoms with Crippen LogP contribution in [0.25, 0.3) is 22.0 Å². The number of carbonyl (C=O) groups is 1. The lowest BCUT2D eigenvalue weighted by molar-refractivity contribution is 0.0963. The van der Waals surface area contributed by atoms with E-state index >= 15 is 0 Å². The van der Waals surface area contributed by atoms with Gasteiger partial charge in [-0.15, -0.1) is 10.2 Å². The molecule has 0 fully saturated rings. The summed E-state index contributed by atoms with van der Waals surface area (Å²) in [4.78, 5) is 12.7. The summed E-state index contributed by atoms with van der Waals surface area (Å²) >= 11 is 3.59. The molecule has 0 atom stereocenters. The van der Waals surface area contributed by atoms with Crippen LogP contribution in [0.5, 0.6) is 5.75 Å². The lowest BCUT2D eigenvalue weighted by Gasteiger charge is -2.10. The van der Waals surface area contributed by atoms with Crippen molar-refractivity contribution in [2.45, 2.75) is 13.0 Å². The van der Waals surface area contributed by atoms with Gasteiger partial charge < -0.3 is 14.6 Å². The van der Waals surface area contributed by atoms with E-state index in [1.165, 1.54) is 0 Å². The third-order valence-electron chi connectivity index (χ3n) is 6.02. The van der Waals surface area contributed by atoms with E-state index < -0.39 is 0 Å². The molecule has 0 bridgehead atoms. The SMILES string of the molecule is CNC(=O)c1c(Cc2ccc(-c3ccc(OCc4nn[nH]n4)c(Br)c3)cc2)n(C)c2ccccc12. The zero-order valence-corrected chi connectivity index (χ0v) is 20.8. The van der Waals surface area contributed by atoms with Crippen LogP contribution in [-0.2, 0) is 20.1 Å². The molecule has 35 heavy (non-hydrogen) atoms. The minimum Gasteiger partial charge on any atom is -0.484 e. The Hall–Kier alpha value is -3.98. The van der Waals surface area contributed by atoms with Crippen molar-refractivity contribution in [1.82, 2.24) is 30.5 Å². The fourth-order valence-electron chi connectivity index (χ4n) is 4.22. The average molecular weight is 531 g/mol. The van der Waals surface area contributed by atoms with E-state index in [2.05, 4.69) is 70.7 Å². The molecule has 9 heteroatoms. The Labute approximate surface area is 210 Å². The van der Waals surface area contributed by atoms with Crippen molar-refractivity contribution in [3.63, 3.8) is 0 Å². The number of benzene rings is 3. The number of aryl methyl sites for hydroxylation is 1. The molecule has 5 rings (SSSR count). The molecule has 5 aromatic rings. The number of carbonyl (C=O) groups excluding carboxylic acids is 1. The van der Waals surface area contributed by atoms with Gasteiger partial charge in [-0.05, 0) is 50.8 Å². The molecule has 0 saturated carbocycles. The Bertz CT molecular complexity index is 1490. The van der Waals surface area contributed by atoms with Crippen LogP contribution in [0.3, 0.4) is 0 Å². The van der Waals surface area contributed by atoms with Gasteiger partial charge in [0.25, 0.3) is 5.91 Å². The standard InChI is InChI=1S/C26H23BrN6O2/c1-28-26(34)25-19-5-3-4-6-21(19)33(2)22(25)13-16-7-9-17(10-8-16)18-11-12-23(20(27)14-18)35-15-24-29-31-32-30-24/h3-12,14H,13,15H2,1-2H3,(H,28,34)(H,29,30,31,32). The van der Waals surface area contributed by atoms with Gasteiger partial charge in [-0.2, -0.15) is 5.21 Å². The first kappa shape index (κ1) is 22.8. The molecule has 1 amide bonds. The highest BCUT2D eigenvalue weighted by Crippen LogP contribution is 2.32. The summed E-state index contributed by atoms with van der Waals surface area (Å²) in [5.74, 6) is 1.12. The number of aromatic amines is 1. The number of rotatable bonds is 7. The second-order valence-electron chi connectivity index (χ2n) is 8.11. The summed E-state index contributed by atoms with van der Waals surface area (Å²) in [6.45, 7) is 0.231. The first-order chi connectivity index (χ1) is 17.0. The zero-order chi connectivity index (χ0) is 24.4. The molecule has 0 spiro atoms. The van der Waals surface area contributed by atoms with Crippen LogP contribution in [-0.4, -0.2) is 38.1 Å². The minimum atomic E-state index is -0.0695. The second kappa shape index (κ2) is 9.71. The molecule has 2 N–H and O–H groups in total. The molecule has 176 valence electrons. The Morgan fingerprint density at radius 2 is 1.86 bits per heavy atom. The predicted molar refractivity (Wildman–Crippen MR) is 137 cm³/mol. The van der Waals surface area contributed by atoms with Crippen molar-refractivity contribution in [3.05, 3.63) is 93.8 Å². The number of hydrogen-bond donors (Lipinski definition) is 2. The number of amides is 1. The van der Waals surface area contributed by atoms with Gasteiger partial charge in [0, 0.05) is 37.1 Å². The molecular weight excluding hydrogens is 508 g/mol. The number of H-pyrrole nitrogens is 1. The molecule has 0 saturated heterocycles. The first-order valence-corrected chi connectivity index (χ1v) is 11.9. The van der Waals surface area contributed by atoms with Crippen molar-refractivity contribution in [3.8, 4) is 16.9 Å². The quantitative estimate of drug-likeness (QED) is 0.319. The van der Waals surface area contributed by atoms with Crippen LogP contribution < -0.4 is 10.1 Å². The molecule has 3 aromatic carbocycles. The summed E-state index contributed by atoms with van der Waals surface area (Å²) in [5.41, 5.74) is 6.04. The summed E-state index contributed by atoms with van der Waals surface area (Å²) in [6, 6.07) is 22.4. The summed E-state index contributed by atoms with van der Waals surface area (Å²) in [6.07, 6.45) is 0.654. The van der Waals surface area contributed by atoms with Gasteiger partial charge in [-0.3, -0.25) is 4.79 Å². The Morgan fingerprint density at radius 3 is 2.57 bits per heavy atom. The number of tetrazole rings is 1. The van der Waals surface area contributed by atoms with Crippen LogP contribution in [0.1, 0.15) is 27.4 Å². The molecular formula is C26H23BrN6O2. The largest absolute Gasteiger partial charge is 0.484 e. The van der Waals surface area contributed by atoms with Gasteiger partial charge in [-0.1, -0.05) is 53.7 Å². The van der Waals surface area contributed by atoms with Crippen molar-refractivity contribution >= 4 is 32.7 Å². The lowest BCUT2D eigenvalue weighted by atomic mass is 10.00. The summed E-state index contributed by atoms with van der Waals surface area (Å²) < 4.78 is 8.72. The lowest BCUT2D eigenvalue weighted by Crippen LogP contribution is -2.19. The Balaban J connectivity index is 1.37. The molecule has 0 aliphatic rings. The van der Waals surface area contributed by atoms with Gasteiger partial charge in [0.1, 0.15) is 5.75 Å². The topological polar surface area (TPSA) is 97.7 Å². The predicted octanol–water partition coefficient (Wildman–Crippen LogP) is 4.65. The van der Waals surface area contributed by atoms with E-state index in [0.717, 1.165) is 43.3 Å². The number of aromatic nitrogens is 5. The van der Waals surface area contributed by atoms with Crippen LogP contribution in [0.4, 0.5) is 0 Å². The van der Waals surface area contributed by atoms with Gasteiger partial charge in [0.2, 0.25) is 5.82 Å². The number of fused-ring (bicyclic) bond motifs is 1. The van der Waals surface area contributed by atoms with Gasteiger partial charge in [-0.25, -0.2) is 0 Å². The molecule has 0 aliphatic carbocycles. The number of ether oxygens (including phenoxy) is 1. The van der Waals surface area contributed by atoms with E-state index in [4.69, 9.17) is 4.74 Å². The maximum Gasteiger partial charge on any atom is 0.253 e. The third-order valence-corrected chi connectivity index (χ3v) is 6.64. The van der Waals surface area contributed by atoms with E-state index in [1.54, 1.807) is 7.05 Å². The van der Waals surface area contributed by atoms with Crippen molar-refractivity contribution < 1.29 is 9.53 Å². The number of hydrogen-bond acceptors (Lipinski definition) is 5. The number of halogens is 1. The average Bonchev–Trinajstić information content (AvgIpc) is 3.50. The van der Waals surface area contributed by atoms with Crippen molar-refractivity contribution in [1.29, 1.82) is 0 Å². The van der Waals surface area contributed by atoms with Crippen LogP contribution >= 0.6 is 15.9 Å². The Morgan fingerprint density at radius 1 is 1.09 bits per heavy atom. The first-order valence-electron chi connectivity index (χ1n) is 11.1. The summed E-state index contributed by atoms with van der Waals surface area (Å²) in [5, 5.41) is 17.5. The third kappa shape index (κ3) is 4.54. The van der Waals surface area contributed by atoms with Crippen LogP contribution in [0.2, 0.25) is 0 Å². The number of nitrogens with zero attached hydrogens (tertiary/aromatic N) is 4. The Kier molecular flexibility index (Phi) is 6.33. The van der Waals surface area contributed by atoms with E-state index in [-0.39, 0.29) is 12.5 Å². The van der Waals surface area contributed by atoms with Crippen molar-refractivity contribution in [2.75, 3.05) is 7.05 Å². The smallest absolute Gasteiger partial charge is 0.253 e. The fourth-order valence-corrected chi connectivity index (χ4v) is 4.72. The molecule has 2 heterocycles. The molecule has 0 aliphatic heterocycles. The van der Waals surface area contributed by atoms with Gasteiger partial charge >= 0.3 is 0 Å². The minimum absolute atomic E-state index is 0.0695. The number of nitrogens with one attached hydrogen (secondary N) is 2. The fraction of sp³-hybridized carbons (Fsp3) is 0.154. The second-order valence-corrected chi connectivity index (χ2v) is 8.97. The maximum absolute atomic E-state index is 12.7. The summed E-state index contributed by atoms with van der Waals surface area (Å²) in [7, 11) is 3.68. The highest BCUT2D eigenvalue weighted by atomic mass is 79.9. The highest BCUT2D eigenvalue weighted by molar-refractivity contribution is 9.10. The molecule has 8 nitrogen and oxygen atoms in total. The maximum atomic E-state index is 12.7. The molecule has 0 radical (unpaired) electrons. The van der Waals surface area contributed by atoms with E-state index in [1.807, 2.05) is 49.5 Å². The molecule has 2 aromatic heterocycles. The van der Waals surface area contributed by atoms with Crippen LogP contribution in [0, 0.1) is 0 Å². The normalized spacial score (nSPS) is 11.1. The number of para-hydroxylation sites is 1. The van der Waals surface area contributed by atoms with Gasteiger partial charge in [0.05, 0.1) is 10.0 Å². The molecule has 0 unspecified atom stereocenters. The highest BCUT2D eigenvalue weighted by Gasteiger charge is 2.20. The van der Waals surface area contributed by atoms with E-state index in [9.17, 15) is 4.79 Å². The van der Waals surface area contributed by atoms with E-state index in [0.29, 0.717) is 18.0 Å².